The molecular weight excluding hydrogens is 372 g/mol. The van der Waals surface area contributed by atoms with Crippen LogP contribution in [-0.4, -0.2) is 33.1 Å². The molecule has 1 atom stereocenters. The maximum Gasteiger partial charge on any atom is 0.254 e. The first kappa shape index (κ1) is 20.2. The highest BCUT2D eigenvalue weighted by Gasteiger charge is 2.39. The minimum atomic E-state index is 0.114. The summed E-state index contributed by atoms with van der Waals surface area (Å²) in [6.45, 7) is 7.78. The fourth-order valence-corrected chi connectivity index (χ4v) is 4.40. The van der Waals surface area contributed by atoms with Crippen LogP contribution >= 0.6 is 0 Å². The highest BCUT2D eigenvalue weighted by molar-refractivity contribution is 5.95. The summed E-state index contributed by atoms with van der Waals surface area (Å²) in [6.07, 6.45) is 7.53. The van der Waals surface area contributed by atoms with Gasteiger partial charge in [-0.25, -0.2) is 0 Å². The summed E-state index contributed by atoms with van der Waals surface area (Å²) in [5, 5.41) is 16.6. The quantitative estimate of drug-likeness (QED) is 0.557. The largest absolute Gasteiger partial charge is 0.332 e. The van der Waals surface area contributed by atoms with Crippen molar-refractivity contribution in [3.05, 3.63) is 70.6 Å². The van der Waals surface area contributed by atoms with Crippen molar-refractivity contribution in [1.29, 1.82) is 5.26 Å². The van der Waals surface area contributed by atoms with E-state index in [1.54, 1.807) is 0 Å². The Kier molecular flexibility index (Phi) is 5.59. The number of carbonyl (C=O) groups excluding carboxylic acids is 1. The van der Waals surface area contributed by atoms with Gasteiger partial charge in [0.05, 0.1) is 12.3 Å². The summed E-state index contributed by atoms with van der Waals surface area (Å²) >= 11 is 0. The molecule has 2 aliphatic carbocycles. The van der Waals surface area contributed by atoms with Gasteiger partial charge in [0.25, 0.3) is 5.91 Å². The minimum absolute atomic E-state index is 0.114. The molecule has 1 aromatic carbocycles. The van der Waals surface area contributed by atoms with Gasteiger partial charge >= 0.3 is 0 Å². The molecule has 4 rings (SSSR count). The summed E-state index contributed by atoms with van der Waals surface area (Å²) in [7, 11) is 0. The van der Waals surface area contributed by atoms with Crippen LogP contribution in [0.15, 0.2) is 48.2 Å². The lowest BCUT2D eigenvalue weighted by Gasteiger charge is -2.34. The van der Waals surface area contributed by atoms with Gasteiger partial charge < -0.3 is 4.90 Å². The summed E-state index contributed by atoms with van der Waals surface area (Å²) in [4.78, 5) is 15.6. The molecule has 5 heteroatoms. The number of nitrogens with one attached hydrogen (secondary N) is 1. The molecule has 30 heavy (non-hydrogen) atoms. The molecule has 0 saturated heterocycles. The van der Waals surface area contributed by atoms with E-state index in [0.717, 1.165) is 48.8 Å². The third-order valence-electron chi connectivity index (χ3n) is 6.14. The van der Waals surface area contributed by atoms with Gasteiger partial charge in [-0.3, -0.25) is 9.89 Å². The van der Waals surface area contributed by atoms with Crippen LogP contribution in [0.3, 0.4) is 0 Å². The van der Waals surface area contributed by atoms with Crippen LogP contribution in [0.4, 0.5) is 0 Å². The van der Waals surface area contributed by atoms with Crippen molar-refractivity contribution >= 4 is 11.5 Å². The second kappa shape index (κ2) is 8.31. The van der Waals surface area contributed by atoms with Gasteiger partial charge in [-0.05, 0) is 81.2 Å². The second-order valence-electron chi connectivity index (χ2n) is 8.64. The van der Waals surface area contributed by atoms with Crippen molar-refractivity contribution in [2.75, 3.05) is 0 Å². The number of allylic oxidation sites excluding steroid dienone is 3. The molecule has 0 radical (unpaired) electrons. The third kappa shape index (κ3) is 4.09. The number of fused-ring (bicyclic) bond motifs is 1. The monoisotopic (exact) mass is 400 g/mol. The maximum absolute atomic E-state index is 13.4. The SMILES string of the molecule is C=C(C)C/C(=C(\C)C#N)c1ccc(C(=O)N(C2CC2)C2CCc3[nH]ncc3C2)cc1. The maximum atomic E-state index is 13.4. The average molecular weight is 401 g/mol. The molecule has 1 heterocycles. The fraction of sp³-hybridized carbons (Fsp3) is 0.400. The first-order valence-electron chi connectivity index (χ1n) is 10.7. The highest BCUT2D eigenvalue weighted by atomic mass is 16.2. The Morgan fingerprint density at radius 3 is 2.53 bits per heavy atom. The zero-order valence-electron chi connectivity index (χ0n) is 17.7. The Labute approximate surface area is 178 Å². The fourth-order valence-electron chi connectivity index (χ4n) is 4.40. The van der Waals surface area contributed by atoms with E-state index in [-0.39, 0.29) is 11.9 Å². The first-order valence-corrected chi connectivity index (χ1v) is 10.7. The van der Waals surface area contributed by atoms with E-state index in [0.29, 0.717) is 23.6 Å². The van der Waals surface area contributed by atoms with E-state index in [4.69, 9.17) is 0 Å². The minimum Gasteiger partial charge on any atom is -0.332 e. The van der Waals surface area contributed by atoms with Crippen molar-refractivity contribution in [2.24, 2.45) is 0 Å². The Bertz CT molecular complexity index is 1030. The van der Waals surface area contributed by atoms with Gasteiger partial charge in [-0.1, -0.05) is 24.3 Å². The van der Waals surface area contributed by atoms with Crippen molar-refractivity contribution in [3.8, 4) is 6.07 Å². The molecule has 1 amide bonds. The topological polar surface area (TPSA) is 72.8 Å². The Balaban J connectivity index is 1.56. The Morgan fingerprint density at radius 1 is 1.20 bits per heavy atom. The molecule has 2 aromatic rings. The van der Waals surface area contributed by atoms with Gasteiger partial charge in [0.1, 0.15) is 0 Å². The van der Waals surface area contributed by atoms with Crippen LogP contribution in [0.1, 0.15) is 66.7 Å². The molecule has 1 unspecified atom stereocenters. The number of hydrogen-bond donors (Lipinski definition) is 1. The molecule has 5 nitrogen and oxygen atoms in total. The number of aromatic nitrogens is 2. The van der Waals surface area contributed by atoms with Crippen LogP contribution in [0.5, 0.6) is 0 Å². The lowest BCUT2D eigenvalue weighted by atomic mass is 9.91. The van der Waals surface area contributed by atoms with E-state index in [1.807, 2.05) is 44.3 Å². The van der Waals surface area contributed by atoms with Crippen LogP contribution in [0.2, 0.25) is 0 Å². The normalized spacial score (nSPS) is 18.8. The number of H-pyrrole nitrogens is 1. The zero-order valence-corrected chi connectivity index (χ0v) is 17.7. The zero-order chi connectivity index (χ0) is 21.3. The lowest BCUT2D eigenvalue weighted by molar-refractivity contribution is 0.0643. The van der Waals surface area contributed by atoms with Crippen LogP contribution in [0, 0.1) is 11.3 Å². The molecule has 0 spiro atoms. The number of carbonyl (C=O) groups is 1. The lowest BCUT2D eigenvalue weighted by Crippen LogP contribution is -2.44. The van der Waals surface area contributed by atoms with Crippen molar-refractivity contribution in [3.63, 3.8) is 0 Å². The molecule has 2 aliphatic rings. The predicted molar refractivity (Wildman–Crippen MR) is 118 cm³/mol. The van der Waals surface area contributed by atoms with E-state index in [9.17, 15) is 10.1 Å². The third-order valence-corrected chi connectivity index (χ3v) is 6.14. The van der Waals surface area contributed by atoms with Gasteiger partial charge in [-0.2, -0.15) is 10.4 Å². The average Bonchev–Trinajstić information content (AvgIpc) is 3.47. The van der Waals surface area contributed by atoms with Gasteiger partial charge in [-0.15, -0.1) is 0 Å². The first-order chi connectivity index (χ1) is 14.5. The Hall–Kier alpha value is -3.13. The molecule has 154 valence electrons. The molecule has 0 bridgehead atoms. The van der Waals surface area contributed by atoms with E-state index < -0.39 is 0 Å². The smallest absolute Gasteiger partial charge is 0.254 e. The highest BCUT2D eigenvalue weighted by Crippen LogP contribution is 2.35. The van der Waals surface area contributed by atoms with Gasteiger partial charge in [0.2, 0.25) is 0 Å². The standard InChI is InChI=1S/C25H28N4O/c1-16(2)12-23(17(3)14-26)18-4-6-19(7-5-18)25(30)29(21-8-9-21)22-10-11-24-20(13-22)15-27-28-24/h4-7,15,21-22H,1,8-13H2,2-3H3,(H,27,28)/b23-17-. The summed E-state index contributed by atoms with van der Waals surface area (Å²) in [6, 6.07) is 10.6. The van der Waals surface area contributed by atoms with Crippen LogP contribution in [0.25, 0.3) is 5.57 Å². The van der Waals surface area contributed by atoms with E-state index in [2.05, 4.69) is 27.7 Å². The molecule has 1 N–H and O–H groups in total. The summed E-state index contributed by atoms with van der Waals surface area (Å²) in [5.74, 6) is 0.114. The number of rotatable bonds is 6. The molecule has 1 fully saturated rings. The summed E-state index contributed by atoms with van der Waals surface area (Å²) in [5.41, 5.74) is 6.82. The number of amides is 1. The van der Waals surface area contributed by atoms with E-state index in [1.165, 1.54) is 11.3 Å². The van der Waals surface area contributed by atoms with Gasteiger partial charge in [0, 0.05) is 28.9 Å². The number of aromatic amines is 1. The van der Waals surface area contributed by atoms with Crippen molar-refractivity contribution in [1.82, 2.24) is 15.1 Å². The number of aryl methyl sites for hydroxylation is 1. The number of benzene rings is 1. The van der Waals surface area contributed by atoms with Crippen molar-refractivity contribution < 1.29 is 4.79 Å². The van der Waals surface area contributed by atoms with Crippen LogP contribution in [-0.2, 0) is 12.8 Å². The second-order valence-corrected chi connectivity index (χ2v) is 8.64. The number of nitriles is 1. The molecule has 0 aliphatic heterocycles. The van der Waals surface area contributed by atoms with Gasteiger partial charge in [0.15, 0.2) is 0 Å². The van der Waals surface area contributed by atoms with Crippen LogP contribution < -0.4 is 0 Å². The molecular formula is C25H28N4O. The Morgan fingerprint density at radius 2 is 1.90 bits per heavy atom. The molecule has 1 saturated carbocycles. The number of hydrogen-bond acceptors (Lipinski definition) is 3. The molecule has 1 aromatic heterocycles. The predicted octanol–water partition coefficient (Wildman–Crippen LogP) is 4.84. The number of nitrogens with zero attached hydrogens (tertiary/aromatic N) is 3. The van der Waals surface area contributed by atoms with E-state index >= 15 is 0 Å². The summed E-state index contributed by atoms with van der Waals surface area (Å²) < 4.78 is 0. The van der Waals surface area contributed by atoms with Crippen molar-refractivity contribution in [2.45, 2.75) is 64.5 Å².